The van der Waals surface area contributed by atoms with Gasteiger partial charge in [0.05, 0.1) is 0 Å². The number of rotatable bonds is 10. The second-order valence-corrected chi connectivity index (χ2v) is 7.18. The lowest BCUT2D eigenvalue weighted by molar-refractivity contribution is -0.131. The van der Waals surface area contributed by atoms with Crippen LogP contribution in [0.25, 0.3) is 0 Å². The molecule has 0 unspecified atom stereocenters. The molecule has 2 aromatic carbocycles. The fraction of sp³-hybridized carbons (Fsp3) is 0.381. The third-order valence-electron chi connectivity index (χ3n) is 3.76. The van der Waals surface area contributed by atoms with Crippen LogP contribution >= 0.6 is 11.8 Å². The Bertz CT molecular complexity index is 655. The predicted molar refractivity (Wildman–Crippen MR) is 106 cm³/mol. The highest BCUT2D eigenvalue weighted by molar-refractivity contribution is 7.99. The van der Waals surface area contributed by atoms with Gasteiger partial charge in [-0.2, -0.15) is 0 Å². The standard InChI is InChI=1S/C21H27NO2S/c1-3-4-5-6-7-15-22-18-9-8-10-21(16-18)25-20-13-11-19(12-14-20)24-17(2)23/h8-14,16,22H,3-7,15H2,1-2H3. The summed E-state index contributed by atoms with van der Waals surface area (Å²) in [6, 6.07) is 16.1. The largest absolute Gasteiger partial charge is 0.427 e. The van der Waals surface area contributed by atoms with E-state index in [1.165, 1.54) is 43.9 Å². The van der Waals surface area contributed by atoms with Gasteiger partial charge in [-0.25, -0.2) is 0 Å². The molecular formula is C21H27NO2S. The number of hydrogen-bond donors (Lipinski definition) is 1. The molecule has 134 valence electrons. The molecule has 0 atom stereocenters. The summed E-state index contributed by atoms with van der Waals surface area (Å²) in [6.45, 7) is 4.67. The molecule has 0 aliphatic heterocycles. The number of carbonyl (C=O) groups is 1. The third kappa shape index (κ3) is 7.65. The summed E-state index contributed by atoms with van der Waals surface area (Å²) in [6.07, 6.45) is 6.47. The highest BCUT2D eigenvalue weighted by Gasteiger charge is 2.02. The number of hydrogen-bond acceptors (Lipinski definition) is 4. The van der Waals surface area contributed by atoms with E-state index in [2.05, 4.69) is 36.5 Å². The van der Waals surface area contributed by atoms with Crippen molar-refractivity contribution in [2.45, 2.75) is 55.7 Å². The minimum Gasteiger partial charge on any atom is -0.427 e. The van der Waals surface area contributed by atoms with E-state index >= 15 is 0 Å². The Morgan fingerprint density at radius 1 is 1.00 bits per heavy atom. The number of benzene rings is 2. The summed E-state index contributed by atoms with van der Waals surface area (Å²) < 4.78 is 5.06. The van der Waals surface area contributed by atoms with E-state index in [0.29, 0.717) is 5.75 Å². The van der Waals surface area contributed by atoms with E-state index in [0.717, 1.165) is 17.1 Å². The highest BCUT2D eigenvalue weighted by atomic mass is 32.2. The molecule has 4 heteroatoms. The van der Waals surface area contributed by atoms with Gasteiger partial charge < -0.3 is 10.1 Å². The molecule has 25 heavy (non-hydrogen) atoms. The second-order valence-electron chi connectivity index (χ2n) is 6.04. The average Bonchev–Trinajstić information content (AvgIpc) is 2.60. The van der Waals surface area contributed by atoms with Gasteiger partial charge in [-0.3, -0.25) is 4.79 Å². The molecule has 0 aromatic heterocycles. The van der Waals surface area contributed by atoms with Crippen LogP contribution < -0.4 is 10.1 Å². The van der Waals surface area contributed by atoms with Crippen LogP contribution in [0.1, 0.15) is 46.0 Å². The maximum Gasteiger partial charge on any atom is 0.308 e. The molecule has 0 fully saturated rings. The Balaban J connectivity index is 1.83. The fourth-order valence-electron chi connectivity index (χ4n) is 2.51. The second kappa shape index (κ2) is 10.8. The monoisotopic (exact) mass is 357 g/mol. The smallest absolute Gasteiger partial charge is 0.308 e. The molecule has 2 rings (SSSR count). The number of esters is 1. The molecular weight excluding hydrogens is 330 g/mol. The summed E-state index contributed by atoms with van der Waals surface area (Å²) >= 11 is 1.70. The van der Waals surface area contributed by atoms with Gasteiger partial charge in [0.15, 0.2) is 0 Å². The third-order valence-corrected chi connectivity index (χ3v) is 4.76. The van der Waals surface area contributed by atoms with Gasteiger partial charge in [-0.15, -0.1) is 0 Å². The van der Waals surface area contributed by atoms with Crippen molar-refractivity contribution < 1.29 is 9.53 Å². The zero-order chi connectivity index (χ0) is 17.9. The molecule has 0 amide bonds. The van der Waals surface area contributed by atoms with E-state index in [9.17, 15) is 4.79 Å². The van der Waals surface area contributed by atoms with Crippen molar-refractivity contribution in [3.8, 4) is 5.75 Å². The maximum absolute atomic E-state index is 11.0. The topological polar surface area (TPSA) is 38.3 Å². The molecule has 0 heterocycles. The number of anilines is 1. The number of unbranched alkanes of at least 4 members (excludes halogenated alkanes) is 4. The number of ether oxygens (including phenoxy) is 1. The van der Waals surface area contributed by atoms with E-state index in [4.69, 9.17) is 4.74 Å². The van der Waals surface area contributed by atoms with Crippen molar-refractivity contribution in [1.82, 2.24) is 0 Å². The SMILES string of the molecule is CCCCCCCNc1cccc(Sc2ccc(OC(C)=O)cc2)c1. The first-order valence-electron chi connectivity index (χ1n) is 8.97. The molecule has 0 spiro atoms. The molecule has 2 aromatic rings. The van der Waals surface area contributed by atoms with Gasteiger partial charge in [-0.05, 0) is 48.9 Å². The Morgan fingerprint density at radius 3 is 2.48 bits per heavy atom. The summed E-state index contributed by atoms with van der Waals surface area (Å²) in [5.74, 6) is 0.282. The van der Waals surface area contributed by atoms with Crippen LogP contribution in [-0.4, -0.2) is 12.5 Å². The maximum atomic E-state index is 11.0. The Hall–Kier alpha value is -1.94. The van der Waals surface area contributed by atoms with Crippen LogP contribution in [0.2, 0.25) is 0 Å². The van der Waals surface area contributed by atoms with Gasteiger partial charge >= 0.3 is 5.97 Å². The van der Waals surface area contributed by atoms with Crippen LogP contribution in [0.3, 0.4) is 0 Å². The molecule has 0 saturated heterocycles. The van der Waals surface area contributed by atoms with Gasteiger partial charge in [0.25, 0.3) is 0 Å². The lowest BCUT2D eigenvalue weighted by Gasteiger charge is -2.09. The summed E-state index contributed by atoms with van der Waals surface area (Å²) in [4.78, 5) is 13.3. The van der Waals surface area contributed by atoms with E-state index in [-0.39, 0.29) is 5.97 Å². The van der Waals surface area contributed by atoms with Crippen molar-refractivity contribution >= 4 is 23.4 Å². The summed E-state index contributed by atoms with van der Waals surface area (Å²) in [5, 5.41) is 3.51. The van der Waals surface area contributed by atoms with Crippen molar-refractivity contribution in [1.29, 1.82) is 0 Å². The lowest BCUT2D eigenvalue weighted by Crippen LogP contribution is -2.01. The molecule has 1 N–H and O–H groups in total. The number of carbonyl (C=O) groups excluding carboxylic acids is 1. The van der Waals surface area contributed by atoms with Crippen molar-refractivity contribution in [2.24, 2.45) is 0 Å². The van der Waals surface area contributed by atoms with Crippen LogP contribution in [0.15, 0.2) is 58.3 Å². The average molecular weight is 358 g/mol. The summed E-state index contributed by atoms with van der Waals surface area (Å²) in [7, 11) is 0. The first kappa shape index (κ1) is 19.4. The predicted octanol–water partition coefficient (Wildman–Crippen LogP) is 6.15. The van der Waals surface area contributed by atoms with Gasteiger partial charge in [0.1, 0.15) is 5.75 Å². The van der Waals surface area contributed by atoms with E-state index in [1.807, 2.05) is 24.3 Å². The Morgan fingerprint density at radius 2 is 1.76 bits per heavy atom. The zero-order valence-electron chi connectivity index (χ0n) is 15.1. The highest BCUT2D eigenvalue weighted by Crippen LogP contribution is 2.30. The normalized spacial score (nSPS) is 10.5. The van der Waals surface area contributed by atoms with Crippen LogP contribution in [-0.2, 0) is 4.79 Å². The molecule has 0 radical (unpaired) electrons. The van der Waals surface area contributed by atoms with Crippen molar-refractivity contribution in [3.63, 3.8) is 0 Å². The quantitative estimate of drug-likeness (QED) is 0.315. The molecule has 0 bridgehead atoms. The minimum atomic E-state index is -0.297. The Labute approximate surface area is 155 Å². The van der Waals surface area contributed by atoms with Gasteiger partial charge in [0.2, 0.25) is 0 Å². The first-order chi connectivity index (χ1) is 12.2. The van der Waals surface area contributed by atoms with Crippen LogP contribution in [0.5, 0.6) is 5.75 Å². The molecule has 0 saturated carbocycles. The van der Waals surface area contributed by atoms with Crippen molar-refractivity contribution in [3.05, 3.63) is 48.5 Å². The fourth-order valence-corrected chi connectivity index (χ4v) is 3.39. The summed E-state index contributed by atoms with van der Waals surface area (Å²) in [5.41, 5.74) is 1.16. The lowest BCUT2D eigenvalue weighted by atomic mass is 10.1. The molecule has 3 nitrogen and oxygen atoms in total. The molecule has 0 aliphatic rings. The van der Waals surface area contributed by atoms with Crippen LogP contribution in [0, 0.1) is 0 Å². The first-order valence-corrected chi connectivity index (χ1v) is 9.79. The van der Waals surface area contributed by atoms with E-state index in [1.54, 1.807) is 11.8 Å². The van der Waals surface area contributed by atoms with Gasteiger partial charge in [0, 0.05) is 28.9 Å². The van der Waals surface area contributed by atoms with Crippen LogP contribution in [0.4, 0.5) is 5.69 Å². The zero-order valence-corrected chi connectivity index (χ0v) is 15.9. The number of nitrogens with one attached hydrogen (secondary N) is 1. The Kier molecular flexibility index (Phi) is 8.40. The van der Waals surface area contributed by atoms with Gasteiger partial charge in [-0.1, -0.05) is 50.4 Å². The minimum absolute atomic E-state index is 0.297. The van der Waals surface area contributed by atoms with Crippen molar-refractivity contribution in [2.75, 3.05) is 11.9 Å². The van der Waals surface area contributed by atoms with E-state index < -0.39 is 0 Å². The molecule has 0 aliphatic carbocycles.